The zero-order valence-electron chi connectivity index (χ0n) is 13.9. The summed E-state index contributed by atoms with van der Waals surface area (Å²) in [5, 5.41) is 0. The quantitative estimate of drug-likeness (QED) is 0.836. The van der Waals surface area contributed by atoms with E-state index in [4.69, 9.17) is 5.73 Å². The van der Waals surface area contributed by atoms with E-state index in [0.717, 1.165) is 32.2 Å². The van der Waals surface area contributed by atoms with Gasteiger partial charge in [0, 0.05) is 19.6 Å². The molecule has 3 nitrogen and oxygen atoms in total. The van der Waals surface area contributed by atoms with Crippen LogP contribution in [0.5, 0.6) is 0 Å². The van der Waals surface area contributed by atoms with E-state index in [1.54, 1.807) is 0 Å². The maximum atomic E-state index is 12.7. The van der Waals surface area contributed by atoms with Gasteiger partial charge in [-0.3, -0.25) is 4.79 Å². The molecule has 22 heavy (non-hydrogen) atoms. The Morgan fingerprint density at radius 1 is 1.27 bits per heavy atom. The van der Waals surface area contributed by atoms with Crippen LogP contribution in [-0.2, 0) is 11.2 Å². The van der Waals surface area contributed by atoms with Crippen molar-refractivity contribution in [2.24, 2.45) is 17.1 Å². The van der Waals surface area contributed by atoms with E-state index in [0.29, 0.717) is 11.8 Å². The predicted molar refractivity (Wildman–Crippen MR) is 94.1 cm³/mol. The van der Waals surface area contributed by atoms with Crippen LogP contribution in [0.1, 0.15) is 38.7 Å². The molecule has 1 atom stereocenters. The zero-order valence-corrected chi connectivity index (χ0v) is 14.7. The number of nitrogens with zero attached hydrogens (tertiary/aromatic N) is 1. The van der Waals surface area contributed by atoms with Gasteiger partial charge < -0.3 is 10.6 Å². The molecule has 0 radical (unpaired) electrons. The Kier molecular flexibility index (Phi) is 6.89. The highest BCUT2D eigenvalue weighted by molar-refractivity contribution is 5.85. The molecule has 2 rings (SSSR count). The number of benzene rings is 1. The third-order valence-electron chi connectivity index (χ3n) is 4.69. The summed E-state index contributed by atoms with van der Waals surface area (Å²) >= 11 is 0. The van der Waals surface area contributed by atoms with Crippen LogP contribution in [0.2, 0.25) is 0 Å². The summed E-state index contributed by atoms with van der Waals surface area (Å²) in [7, 11) is 1.92. The molecular weight excluding hydrogens is 296 g/mol. The zero-order chi connectivity index (χ0) is 15.5. The second-order valence-electron chi connectivity index (χ2n) is 6.87. The summed E-state index contributed by atoms with van der Waals surface area (Å²) in [6, 6.07) is 10.5. The molecule has 1 aromatic carbocycles. The molecule has 1 fully saturated rings. The van der Waals surface area contributed by atoms with Crippen molar-refractivity contribution in [2.75, 3.05) is 13.6 Å². The van der Waals surface area contributed by atoms with Gasteiger partial charge in [-0.25, -0.2) is 0 Å². The largest absolute Gasteiger partial charge is 0.345 e. The van der Waals surface area contributed by atoms with Gasteiger partial charge in [0.1, 0.15) is 0 Å². The average molecular weight is 325 g/mol. The summed E-state index contributed by atoms with van der Waals surface area (Å²) < 4.78 is 0. The van der Waals surface area contributed by atoms with E-state index in [-0.39, 0.29) is 23.9 Å². The Morgan fingerprint density at radius 3 is 2.36 bits per heavy atom. The summed E-state index contributed by atoms with van der Waals surface area (Å²) in [6.07, 6.45) is 3.77. The Morgan fingerprint density at radius 2 is 1.86 bits per heavy atom. The molecule has 0 aromatic heterocycles. The molecule has 1 saturated carbocycles. The second-order valence-corrected chi connectivity index (χ2v) is 6.87. The summed E-state index contributed by atoms with van der Waals surface area (Å²) in [4.78, 5) is 14.6. The maximum absolute atomic E-state index is 12.7. The van der Waals surface area contributed by atoms with Gasteiger partial charge in [0.15, 0.2) is 0 Å². The van der Waals surface area contributed by atoms with Crippen molar-refractivity contribution in [1.82, 2.24) is 4.90 Å². The van der Waals surface area contributed by atoms with Crippen LogP contribution in [0.25, 0.3) is 0 Å². The Bertz CT molecular complexity index is 471. The fraction of sp³-hybridized carbons (Fsp3) is 0.611. The molecule has 1 aliphatic rings. The molecule has 1 unspecified atom stereocenters. The standard InChI is InChI=1S/C18H28N2O.ClH/c1-14(2)16(19)9-12-20(3)17(21)18(10-11-18)13-15-7-5-4-6-8-15;/h4-8,14,16H,9-13,19H2,1-3H3;1H. The molecule has 0 saturated heterocycles. The maximum Gasteiger partial charge on any atom is 0.228 e. The summed E-state index contributed by atoms with van der Waals surface area (Å²) in [6.45, 7) is 5.02. The highest BCUT2D eigenvalue weighted by Crippen LogP contribution is 2.49. The predicted octanol–water partition coefficient (Wildman–Crippen LogP) is 3.26. The van der Waals surface area contributed by atoms with Gasteiger partial charge >= 0.3 is 0 Å². The molecule has 0 heterocycles. The number of halogens is 1. The molecule has 4 heteroatoms. The third kappa shape index (κ3) is 4.72. The summed E-state index contributed by atoms with van der Waals surface area (Å²) in [5.41, 5.74) is 7.19. The first-order valence-corrected chi connectivity index (χ1v) is 8.00. The number of rotatable bonds is 7. The Balaban J connectivity index is 0.00000242. The van der Waals surface area contributed by atoms with Crippen LogP contribution in [0, 0.1) is 11.3 Å². The number of carbonyl (C=O) groups excluding carboxylic acids is 1. The molecule has 124 valence electrons. The lowest BCUT2D eigenvalue weighted by molar-refractivity contribution is -0.135. The molecule has 2 N–H and O–H groups in total. The molecule has 1 aromatic rings. The third-order valence-corrected chi connectivity index (χ3v) is 4.69. The van der Waals surface area contributed by atoms with Crippen molar-refractivity contribution in [3.63, 3.8) is 0 Å². The van der Waals surface area contributed by atoms with Crippen molar-refractivity contribution in [3.8, 4) is 0 Å². The van der Waals surface area contributed by atoms with E-state index in [2.05, 4.69) is 26.0 Å². The van der Waals surface area contributed by atoms with Crippen LogP contribution >= 0.6 is 12.4 Å². The van der Waals surface area contributed by atoms with Crippen LogP contribution in [0.4, 0.5) is 0 Å². The number of amides is 1. The lowest BCUT2D eigenvalue weighted by Crippen LogP contribution is -2.39. The number of hydrogen-bond acceptors (Lipinski definition) is 2. The lowest BCUT2D eigenvalue weighted by atomic mass is 9.94. The van der Waals surface area contributed by atoms with Gasteiger partial charge in [-0.05, 0) is 37.2 Å². The smallest absolute Gasteiger partial charge is 0.228 e. The van der Waals surface area contributed by atoms with E-state index in [1.165, 1.54) is 5.56 Å². The van der Waals surface area contributed by atoms with Gasteiger partial charge in [0.25, 0.3) is 0 Å². The lowest BCUT2D eigenvalue weighted by Gasteiger charge is -2.25. The van der Waals surface area contributed by atoms with Crippen LogP contribution in [0.15, 0.2) is 30.3 Å². The van der Waals surface area contributed by atoms with Gasteiger partial charge in [0.05, 0.1) is 5.41 Å². The minimum atomic E-state index is -0.141. The molecule has 0 aliphatic heterocycles. The Hall–Kier alpha value is -1.06. The Labute approximate surface area is 140 Å². The number of nitrogens with two attached hydrogens (primary N) is 1. The molecule has 1 amide bonds. The van der Waals surface area contributed by atoms with Gasteiger partial charge in [-0.2, -0.15) is 0 Å². The van der Waals surface area contributed by atoms with Crippen LogP contribution < -0.4 is 5.73 Å². The normalized spacial score (nSPS) is 16.8. The monoisotopic (exact) mass is 324 g/mol. The molecule has 0 bridgehead atoms. The van der Waals surface area contributed by atoms with Crippen molar-refractivity contribution < 1.29 is 4.79 Å². The molecular formula is C18H29ClN2O. The SMILES string of the molecule is CC(C)C(N)CCN(C)C(=O)C1(Cc2ccccc2)CC1.Cl. The fourth-order valence-corrected chi connectivity index (χ4v) is 2.79. The number of hydrogen-bond donors (Lipinski definition) is 1. The second kappa shape index (κ2) is 7.98. The van der Waals surface area contributed by atoms with Crippen LogP contribution in [-0.4, -0.2) is 30.4 Å². The van der Waals surface area contributed by atoms with Crippen molar-refractivity contribution in [3.05, 3.63) is 35.9 Å². The van der Waals surface area contributed by atoms with E-state index in [9.17, 15) is 4.79 Å². The minimum absolute atomic E-state index is 0. The first-order chi connectivity index (χ1) is 9.94. The first kappa shape index (κ1) is 19.0. The van der Waals surface area contributed by atoms with E-state index < -0.39 is 0 Å². The first-order valence-electron chi connectivity index (χ1n) is 8.00. The minimum Gasteiger partial charge on any atom is -0.345 e. The molecule has 1 aliphatic carbocycles. The number of carbonyl (C=O) groups is 1. The average Bonchev–Trinajstić information content (AvgIpc) is 3.25. The van der Waals surface area contributed by atoms with Gasteiger partial charge in [-0.1, -0.05) is 44.2 Å². The van der Waals surface area contributed by atoms with Crippen molar-refractivity contribution in [1.29, 1.82) is 0 Å². The van der Waals surface area contributed by atoms with Gasteiger partial charge in [-0.15, -0.1) is 12.4 Å². The topological polar surface area (TPSA) is 46.3 Å². The summed E-state index contributed by atoms with van der Waals surface area (Å²) in [5.74, 6) is 0.759. The molecule has 0 spiro atoms. The highest BCUT2D eigenvalue weighted by atomic mass is 35.5. The van der Waals surface area contributed by atoms with Crippen molar-refractivity contribution >= 4 is 18.3 Å². The van der Waals surface area contributed by atoms with Gasteiger partial charge in [0.2, 0.25) is 5.91 Å². The highest BCUT2D eigenvalue weighted by Gasteiger charge is 2.50. The fourth-order valence-electron chi connectivity index (χ4n) is 2.79. The van der Waals surface area contributed by atoms with E-state index in [1.807, 2.05) is 30.1 Å². The van der Waals surface area contributed by atoms with E-state index >= 15 is 0 Å². The van der Waals surface area contributed by atoms with Crippen molar-refractivity contribution in [2.45, 2.75) is 45.6 Å². The van der Waals surface area contributed by atoms with Crippen LogP contribution in [0.3, 0.4) is 0 Å².